The molecule has 3 N–H and O–H groups in total. The van der Waals surface area contributed by atoms with Crippen LogP contribution in [0.25, 0.3) is 0 Å². The Labute approximate surface area is 147 Å². The quantitative estimate of drug-likeness (QED) is 0.868. The first-order chi connectivity index (χ1) is 11.7. The molecule has 7 heteroatoms. The molecule has 0 bridgehead atoms. The Balaban J connectivity index is 1.75. The smallest absolute Gasteiger partial charge is 0.168 e. The molecule has 0 saturated heterocycles. The summed E-state index contributed by atoms with van der Waals surface area (Å²) >= 11 is 0. The zero-order valence-electron chi connectivity index (χ0n) is 15.2. The van der Waals surface area contributed by atoms with Gasteiger partial charge in [-0.3, -0.25) is 0 Å². The van der Waals surface area contributed by atoms with E-state index in [2.05, 4.69) is 15.4 Å². The van der Waals surface area contributed by atoms with Crippen molar-refractivity contribution < 1.29 is 9.13 Å². The molecule has 6 nitrogen and oxygen atoms in total. The SMILES string of the molecule is Cc1cc(Nc2nc(CO[C@H]3C[C@H](N)C3)ccc2F)n(C(C)(C)C)n1. The molecule has 25 heavy (non-hydrogen) atoms. The largest absolute Gasteiger partial charge is 0.372 e. The van der Waals surface area contributed by atoms with Crippen molar-refractivity contribution in [3.8, 4) is 0 Å². The van der Waals surface area contributed by atoms with Crippen LogP contribution < -0.4 is 11.1 Å². The molecule has 0 aromatic carbocycles. The molecule has 1 fully saturated rings. The highest BCUT2D eigenvalue weighted by Crippen LogP contribution is 2.26. The van der Waals surface area contributed by atoms with Gasteiger partial charge in [0.05, 0.1) is 29.6 Å². The van der Waals surface area contributed by atoms with E-state index < -0.39 is 5.82 Å². The first-order valence-corrected chi connectivity index (χ1v) is 8.59. The number of ether oxygens (including phenoxy) is 1. The number of aryl methyl sites for hydroxylation is 1. The van der Waals surface area contributed by atoms with Crippen LogP contribution in [0.4, 0.5) is 16.0 Å². The summed E-state index contributed by atoms with van der Waals surface area (Å²) in [5, 5.41) is 7.55. The molecule has 3 rings (SSSR count). The number of anilines is 2. The third kappa shape index (κ3) is 4.16. The van der Waals surface area contributed by atoms with Gasteiger partial charge < -0.3 is 15.8 Å². The summed E-state index contributed by atoms with van der Waals surface area (Å²) in [6, 6.07) is 5.17. The number of nitrogens with one attached hydrogen (secondary N) is 1. The fourth-order valence-corrected chi connectivity index (χ4v) is 2.82. The van der Waals surface area contributed by atoms with Gasteiger partial charge in [0.1, 0.15) is 5.82 Å². The minimum atomic E-state index is -0.409. The van der Waals surface area contributed by atoms with Gasteiger partial charge in [-0.25, -0.2) is 14.1 Å². The number of halogens is 1. The van der Waals surface area contributed by atoms with Gasteiger partial charge >= 0.3 is 0 Å². The van der Waals surface area contributed by atoms with Crippen molar-refractivity contribution >= 4 is 11.6 Å². The van der Waals surface area contributed by atoms with Crippen molar-refractivity contribution in [1.82, 2.24) is 14.8 Å². The molecule has 0 unspecified atom stereocenters. The van der Waals surface area contributed by atoms with E-state index in [0.29, 0.717) is 18.1 Å². The first kappa shape index (κ1) is 17.8. The highest BCUT2D eigenvalue weighted by molar-refractivity contribution is 5.53. The zero-order valence-corrected chi connectivity index (χ0v) is 15.2. The van der Waals surface area contributed by atoms with E-state index in [-0.39, 0.29) is 23.5 Å². The van der Waals surface area contributed by atoms with E-state index in [1.54, 1.807) is 6.07 Å². The molecule has 0 spiro atoms. The average molecular weight is 347 g/mol. The fourth-order valence-electron chi connectivity index (χ4n) is 2.82. The van der Waals surface area contributed by atoms with Gasteiger partial charge in [-0.1, -0.05) is 0 Å². The van der Waals surface area contributed by atoms with Crippen LogP contribution in [0.1, 0.15) is 45.0 Å². The van der Waals surface area contributed by atoms with Gasteiger partial charge in [-0.2, -0.15) is 5.10 Å². The van der Waals surface area contributed by atoms with Crippen LogP contribution in [0.3, 0.4) is 0 Å². The molecular formula is C18H26FN5O. The minimum absolute atomic E-state index is 0.178. The van der Waals surface area contributed by atoms with Crippen LogP contribution in [-0.4, -0.2) is 26.9 Å². The molecule has 0 aliphatic heterocycles. The third-order valence-corrected chi connectivity index (χ3v) is 4.22. The Morgan fingerprint density at radius 1 is 1.36 bits per heavy atom. The van der Waals surface area contributed by atoms with E-state index in [1.807, 2.05) is 38.4 Å². The number of hydrogen-bond acceptors (Lipinski definition) is 5. The van der Waals surface area contributed by atoms with Crippen molar-refractivity contribution in [2.75, 3.05) is 5.32 Å². The van der Waals surface area contributed by atoms with Gasteiger partial charge in [0.2, 0.25) is 0 Å². The number of hydrogen-bond donors (Lipinski definition) is 2. The van der Waals surface area contributed by atoms with Crippen molar-refractivity contribution in [2.45, 2.75) is 64.8 Å². The second-order valence-corrected chi connectivity index (χ2v) is 7.68. The monoisotopic (exact) mass is 347 g/mol. The van der Waals surface area contributed by atoms with E-state index in [1.165, 1.54) is 6.07 Å². The van der Waals surface area contributed by atoms with Crippen LogP contribution in [0, 0.1) is 12.7 Å². The molecule has 2 aromatic rings. The Morgan fingerprint density at radius 2 is 2.08 bits per heavy atom. The van der Waals surface area contributed by atoms with Crippen LogP contribution in [-0.2, 0) is 16.9 Å². The van der Waals surface area contributed by atoms with Crippen LogP contribution in [0.2, 0.25) is 0 Å². The molecule has 1 saturated carbocycles. The zero-order chi connectivity index (χ0) is 18.2. The van der Waals surface area contributed by atoms with Gasteiger partial charge in [0, 0.05) is 12.1 Å². The van der Waals surface area contributed by atoms with Gasteiger partial charge in [-0.05, 0) is 52.7 Å². The summed E-state index contributed by atoms with van der Waals surface area (Å²) in [4.78, 5) is 4.37. The summed E-state index contributed by atoms with van der Waals surface area (Å²) in [7, 11) is 0. The van der Waals surface area contributed by atoms with E-state index in [0.717, 1.165) is 18.5 Å². The lowest BCUT2D eigenvalue weighted by Crippen LogP contribution is -2.41. The van der Waals surface area contributed by atoms with Crippen molar-refractivity contribution in [1.29, 1.82) is 0 Å². The van der Waals surface area contributed by atoms with Crippen LogP contribution >= 0.6 is 0 Å². The lowest BCUT2D eigenvalue weighted by molar-refractivity contribution is -0.0201. The molecule has 2 aromatic heterocycles. The number of nitrogens with two attached hydrogens (primary N) is 1. The molecule has 0 atom stereocenters. The fraction of sp³-hybridized carbons (Fsp3) is 0.556. The summed E-state index contributed by atoms with van der Waals surface area (Å²) in [6.45, 7) is 8.39. The predicted octanol–water partition coefficient (Wildman–Crippen LogP) is 3.23. The maximum Gasteiger partial charge on any atom is 0.168 e. The topological polar surface area (TPSA) is 78.0 Å². The standard InChI is InChI=1S/C18H26FN5O/c1-11-7-16(24(23-11)18(2,3)4)22-17-15(19)6-5-13(21-17)10-25-14-8-12(20)9-14/h5-7,12,14H,8-10,20H2,1-4H3,(H,21,22)/t12-,14-. The Hall–Kier alpha value is -1.99. The molecule has 1 aliphatic rings. The minimum Gasteiger partial charge on any atom is -0.372 e. The molecule has 2 heterocycles. The maximum absolute atomic E-state index is 14.2. The van der Waals surface area contributed by atoms with Crippen molar-refractivity contribution in [2.24, 2.45) is 5.73 Å². The lowest BCUT2D eigenvalue weighted by Gasteiger charge is -2.32. The summed E-state index contributed by atoms with van der Waals surface area (Å²) in [5.41, 5.74) is 7.07. The third-order valence-electron chi connectivity index (χ3n) is 4.22. The Bertz CT molecular complexity index is 746. The number of pyridine rings is 1. The predicted molar refractivity (Wildman–Crippen MR) is 95.2 cm³/mol. The van der Waals surface area contributed by atoms with E-state index in [9.17, 15) is 4.39 Å². The van der Waals surface area contributed by atoms with Crippen LogP contribution in [0.5, 0.6) is 0 Å². The van der Waals surface area contributed by atoms with Crippen LogP contribution in [0.15, 0.2) is 18.2 Å². The molecule has 1 aliphatic carbocycles. The number of rotatable bonds is 5. The maximum atomic E-state index is 14.2. The highest BCUT2D eigenvalue weighted by atomic mass is 19.1. The summed E-state index contributed by atoms with van der Waals surface area (Å²) in [6.07, 6.45) is 1.93. The summed E-state index contributed by atoms with van der Waals surface area (Å²) in [5.74, 6) is 0.477. The normalized spacial score (nSPS) is 20.4. The number of nitrogens with zero attached hydrogens (tertiary/aromatic N) is 3. The van der Waals surface area contributed by atoms with Crippen molar-refractivity contribution in [3.05, 3.63) is 35.4 Å². The van der Waals surface area contributed by atoms with Gasteiger partial charge in [0.15, 0.2) is 11.6 Å². The second-order valence-electron chi connectivity index (χ2n) is 7.68. The lowest BCUT2D eigenvalue weighted by atomic mass is 9.90. The van der Waals surface area contributed by atoms with Gasteiger partial charge in [0.25, 0.3) is 0 Å². The first-order valence-electron chi connectivity index (χ1n) is 8.59. The van der Waals surface area contributed by atoms with Gasteiger partial charge in [-0.15, -0.1) is 0 Å². The van der Waals surface area contributed by atoms with E-state index >= 15 is 0 Å². The molecule has 136 valence electrons. The molecule has 0 radical (unpaired) electrons. The Morgan fingerprint density at radius 3 is 2.72 bits per heavy atom. The molecule has 0 amide bonds. The number of aromatic nitrogens is 3. The summed E-state index contributed by atoms with van der Waals surface area (Å²) < 4.78 is 21.8. The second kappa shape index (κ2) is 6.72. The Kier molecular flexibility index (Phi) is 4.79. The van der Waals surface area contributed by atoms with E-state index in [4.69, 9.17) is 10.5 Å². The average Bonchev–Trinajstić information content (AvgIpc) is 2.86. The highest BCUT2D eigenvalue weighted by Gasteiger charge is 2.26. The van der Waals surface area contributed by atoms with Crippen molar-refractivity contribution in [3.63, 3.8) is 0 Å². The molecular weight excluding hydrogens is 321 g/mol.